The minimum Gasteiger partial charge on any atom is -0.469 e. The van der Waals surface area contributed by atoms with Gasteiger partial charge in [-0.1, -0.05) is 89.9 Å². The lowest BCUT2D eigenvalue weighted by atomic mass is 9.93. The quantitative estimate of drug-likeness (QED) is 0.101. The highest BCUT2D eigenvalue weighted by atomic mass is 16.5. The van der Waals surface area contributed by atoms with Crippen molar-refractivity contribution < 1.29 is 19.1 Å². The van der Waals surface area contributed by atoms with Crippen LogP contribution >= 0.6 is 0 Å². The van der Waals surface area contributed by atoms with E-state index in [1.807, 2.05) is 0 Å². The molecule has 4 heteroatoms. The molecule has 0 aromatic rings. The SMILES string of the molecule is C=C(C(=O)OC)C(CCCCCCCC/C=C\CCCCCCCC)C(=O)OC. The average Bonchev–Trinajstić information content (AvgIpc) is 2.74. The Bertz CT molecular complexity index is 467. The molecule has 0 radical (unpaired) electrons. The van der Waals surface area contributed by atoms with Crippen LogP contribution in [0.5, 0.6) is 0 Å². The Balaban J connectivity index is 3.66. The van der Waals surface area contributed by atoms with E-state index in [2.05, 4.69) is 30.4 Å². The van der Waals surface area contributed by atoms with Gasteiger partial charge >= 0.3 is 11.9 Å². The van der Waals surface area contributed by atoms with Crippen molar-refractivity contribution in [2.24, 2.45) is 5.92 Å². The fraction of sp³-hybridized carbons (Fsp3) is 0.760. The van der Waals surface area contributed by atoms with Crippen LogP contribution in [0.4, 0.5) is 0 Å². The van der Waals surface area contributed by atoms with Gasteiger partial charge in [0, 0.05) is 5.57 Å². The molecule has 0 bridgehead atoms. The average molecular weight is 409 g/mol. The number of allylic oxidation sites excluding steroid dienone is 2. The van der Waals surface area contributed by atoms with Crippen LogP contribution in [0.3, 0.4) is 0 Å². The molecular formula is C25H44O4. The van der Waals surface area contributed by atoms with Crippen LogP contribution < -0.4 is 0 Å². The summed E-state index contributed by atoms with van der Waals surface area (Å²) in [5.41, 5.74) is 0.187. The van der Waals surface area contributed by atoms with Crippen molar-refractivity contribution in [1.29, 1.82) is 0 Å². The maximum atomic E-state index is 11.9. The number of ether oxygens (including phenoxy) is 2. The summed E-state index contributed by atoms with van der Waals surface area (Å²) >= 11 is 0. The van der Waals surface area contributed by atoms with Crippen LogP contribution in [0.25, 0.3) is 0 Å². The summed E-state index contributed by atoms with van der Waals surface area (Å²) in [6.07, 6.45) is 22.6. The Hall–Kier alpha value is -1.58. The third-order valence-corrected chi connectivity index (χ3v) is 5.36. The zero-order valence-corrected chi connectivity index (χ0v) is 19.2. The Morgan fingerprint density at radius 3 is 1.72 bits per heavy atom. The van der Waals surface area contributed by atoms with Gasteiger partial charge in [0.15, 0.2) is 0 Å². The minimum atomic E-state index is -0.593. The van der Waals surface area contributed by atoms with E-state index in [1.165, 1.54) is 84.8 Å². The standard InChI is InChI=1S/C25H44O4/c1-5-6-7-8-9-10-11-12-13-14-15-16-17-18-19-20-21-23(25(27)29-4)22(2)24(26)28-3/h12-13,23H,2,5-11,14-21H2,1,3-4H3/b13-12-. The second-order valence-electron chi connectivity index (χ2n) is 7.82. The topological polar surface area (TPSA) is 52.6 Å². The Kier molecular flexibility index (Phi) is 18.6. The van der Waals surface area contributed by atoms with Gasteiger partial charge in [-0.3, -0.25) is 4.79 Å². The summed E-state index contributed by atoms with van der Waals surface area (Å²) < 4.78 is 9.46. The summed E-state index contributed by atoms with van der Waals surface area (Å²) in [5.74, 6) is -1.54. The highest BCUT2D eigenvalue weighted by Gasteiger charge is 2.27. The molecule has 1 atom stereocenters. The number of hydrogen-bond donors (Lipinski definition) is 0. The zero-order valence-electron chi connectivity index (χ0n) is 19.2. The molecule has 0 amide bonds. The van der Waals surface area contributed by atoms with E-state index in [0.29, 0.717) is 6.42 Å². The van der Waals surface area contributed by atoms with E-state index < -0.39 is 17.9 Å². The molecule has 0 rings (SSSR count). The second kappa shape index (κ2) is 19.7. The summed E-state index contributed by atoms with van der Waals surface area (Å²) in [7, 11) is 2.63. The Morgan fingerprint density at radius 1 is 0.759 bits per heavy atom. The molecule has 1 unspecified atom stereocenters. The van der Waals surface area contributed by atoms with Crippen molar-refractivity contribution in [1.82, 2.24) is 0 Å². The van der Waals surface area contributed by atoms with E-state index in [1.54, 1.807) is 0 Å². The van der Waals surface area contributed by atoms with Gasteiger partial charge in [-0.05, 0) is 32.1 Å². The van der Waals surface area contributed by atoms with Gasteiger partial charge in [-0.2, -0.15) is 0 Å². The molecule has 0 aliphatic rings. The van der Waals surface area contributed by atoms with E-state index in [0.717, 1.165) is 19.3 Å². The number of methoxy groups -OCH3 is 2. The fourth-order valence-electron chi connectivity index (χ4n) is 3.45. The van der Waals surface area contributed by atoms with Gasteiger partial charge in [0.05, 0.1) is 20.1 Å². The molecule has 0 aromatic carbocycles. The molecule has 0 heterocycles. The number of carbonyl (C=O) groups excluding carboxylic acids is 2. The molecule has 4 nitrogen and oxygen atoms in total. The first-order valence-electron chi connectivity index (χ1n) is 11.6. The third-order valence-electron chi connectivity index (χ3n) is 5.36. The molecule has 0 N–H and O–H groups in total. The van der Waals surface area contributed by atoms with Gasteiger partial charge in [-0.25, -0.2) is 4.79 Å². The van der Waals surface area contributed by atoms with Crippen LogP contribution in [0, 0.1) is 5.92 Å². The van der Waals surface area contributed by atoms with Crippen LogP contribution in [-0.4, -0.2) is 26.2 Å². The van der Waals surface area contributed by atoms with Crippen molar-refractivity contribution in [2.45, 2.75) is 103 Å². The number of unbranched alkanes of at least 4 members (excludes halogenated alkanes) is 12. The van der Waals surface area contributed by atoms with Gasteiger partial charge in [0.1, 0.15) is 0 Å². The normalized spacial score (nSPS) is 12.1. The first kappa shape index (κ1) is 27.4. The van der Waals surface area contributed by atoms with Crippen molar-refractivity contribution in [3.05, 3.63) is 24.3 Å². The summed E-state index contributed by atoms with van der Waals surface area (Å²) in [6, 6.07) is 0. The van der Waals surface area contributed by atoms with Crippen LogP contribution in [-0.2, 0) is 19.1 Å². The van der Waals surface area contributed by atoms with Crippen molar-refractivity contribution >= 4 is 11.9 Å². The third kappa shape index (κ3) is 15.0. The lowest BCUT2D eigenvalue weighted by molar-refractivity contribution is -0.147. The van der Waals surface area contributed by atoms with Crippen LogP contribution in [0.1, 0.15) is 103 Å². The second-order valence-corrected chi connectivity index (χ2v) is 7.82. The summed E-state index contributed by atoms with van der Waals surface area (Å²) in [5, 5.41) is 0. The fourth-order valence-corrected chi connectivity index (χ4v) is 3.45. The maximum absolute atomic E-state index is 11.9. The summed E-state index contributed by atoms with van der Waals surface area (Å²) in [6.45, 7) is 5.96. The number of rotatable bonds is 19. The smallest absolute Gasteiger partial charge is 0.334 e. The Morgan fingerprint density at radius 2 is 1.24 bits per heavy atom. The lowest BCUT2D eigenvalue weighted by Crippen LogP contribution is -2.23. The number of carbonyl (C=O) groups is 2. The minimum absolute atomic E-state index is 0.187. The molecule has 29 heavy (non-hydrogen) atoms. The summed E-state index contributed by atoms with van der Waals surface area (Å²) in [4.78, 5) is 23.5. The van der Waals surface area contributed by atoms with Crippen LogP contribution in [0.2, 0.25) is 0 Å². The monoisotopic (exact) mass is 408 g/mol. The van der Waals surface area contributed by atoms with Gasteiger partial charge in [0.25, 0.3) is 0 Å². The lowest BCUT2D eigenvalue weighted by Gasteiger charge is -2.15. The zero-order chi connectivity index (χ0) is 21.7. The van der Waals surface area contributed by atoms with Gasteiger partial charge in [-0.15, -0.1) is 0 Å². The highest BCUT2D eigenvalue weighted by Crippen LogP contribution is 2.21. The van der Waals surface area contributed by atoms with Gasteiger partial charge < -0.3 is 9.47 Å². The molecule has 0 saturated heterocycles. The Labute approximate surface area is 179 Å². The predicted molar refractivity (Wildman–Crippen MR) is 121 cm³/mol. The first-order valence-corrected chi connectivity index (χ1v) is 11.6. The first-order chi connectivity index (χ1) is 14.1. The van der Waals surface area contributed by atoms with E-state index in [-0.39, 0.29) is 5.57 Å². The molecule has 0 spiro atoms. The number of hydrogen-bond acceptors (Lipinski definition) is 4. The largest absolute Gasteiger partial charge is 0.469 e. The maximum Gasteiger partial charge on any atom is 0.334 e. The molecule has 168 valence electrons. The molecular weight excluding hydrogens is 364 g/mol. The van der Waals surface area contributed by atoms with Crippen LogP contribution in [0.15, 0.2) is 24.3 Å². The molecule has 0 aliphatic carbocycles. The van der Waals surface area contributed by atoms with Crippen molar-refractivity contribution in [3.8, 4) is 0 Å². The van der Waals surface area contributed by atoms with Crippen molar-refractivity contribution in [2.75, 3.05) is 14.2 Å². The van der Waals surface area contributed by atoms with E-state index in [4.69, 9.17) is 4.74 Å². The van der Waals surface area contributed by atoms with E-state index >= 15 is 0 Å². The van der Waals surface area contributed by atoms with Crippen molar-refractivity contribution in [3.63, 3.8) is 0 Å². The predicted octanol–water partition coefficient (Wildman–Crippen LogP) is 6.93. The molecule has 0 aliphatic heterocycles. The highest BCUT2D eigenvalue weighted by molar-refractivity contribution is 5.94. The molecule has 0 fully saturated rings. The molecule has 0 saturated carbocycles. The number of esters is 2. The molecule has 0 aromatic heterocycles. The van der Waals surface area contributed by atoms with E-state index in [9.17, 15) is 9.59 Å². The van der Waals surface area contributed by atoms with Gasteiger partial charge in [0.2, 0.25) is 0 Å².